The van der Waals surface area contributed by atoms with E-state index in [1.807, 2.05) is 0 Å². The van der Waals surface area contributed by atoms with E-state index in [2.05, 4.69) is 10.4 Å². The van der Waals surface area contributed by atoms with Crippen molar-refractivity contribution in [2.24, 2.45) is 0 Å². The molecule has 8 heteroatoms. The van der Waals surface area contributed by atoms with Gasteiger partial charge in [-0.1, -0.05) is 23.7 Å². The van der Waals surface area contributed by atoms with E-state index >= 15 is 0 Å². The molecule has 1 aliphatic rings. The third-order valence-electron chi connectivity index (χ3n) is 3.60. The second kappa shape index (κ2) is 6.16. The highest BCUT2D eigenvalue weighted by molar-refractivity contribution is 6.32. The summed E-state index contributed by atoms with van der Waals surface area (Å²) in [4.78, 5) is 12.1. The summed E-state index contributed by atoms with van der Waals surface area (Å²) in [5.41, 5.74) is 0.233. The van der Waals surface area contributed by atoms with Crippen LogP contribution in [0.3, 0.4) is 0 Å². The summed E-state index contributed by atoms with van der Waals surface area (Å²) in [6.07, 6.45) is -1.10. The Labute approximate surface area is 135 Å². The summed E-state index contributed by atoms with van der Waals surface area (Å²) >= 11 is 5.99. The highest BCUT2D eigenvalue weighted by atomic mass is 35.5. The summed E-state index contributed by atoms with van der Waals surface area (Å²) in [5, 5.41) is 15.9. The highest BCUT2D eigenvalue weighted by Gasteiger charge is 2.34. The molecule has 1 saturated carbocycles. The molecule has 2 aromatic rings. The van der Waals surface area contributed by atoms with E-state index < -0.39 is 18.0 Å². The molecule has 0 saturated heterocycles. The Bertz CT molecular complexity index is 744. The van der Waals surface area contributed by atoms with Crippen molar-refractivity contribution in [3.05, 3.63) is 40.7 Å². The molecule has 3 rings (SSSR count). The topological polar surface area (TPSA) is 67.2 Å². The van der Waals surface area contributed by atoms with E-state index in [0.717, 1.165) is 12.8 Å². The maximum absolute atomic E-state index is 12.9. The molecule has 1 aromatic carbocycles. The number of halogens is 3. The summed E-state index contributed by atoms with van der Waals surface area (Å²) in [5.74, 6) is -0.483. The normalized spacial score (nSPS) is 14.3. The number of benzene rings is 1. The average Bonchev–Trinajstić information content (AvgIpc) is 3.26. The number of phenolic OH excluding ortho intramolecular Hbond substituents is 1. The molecule has 0 bridgehead atoms. The maximum Gasteiger partial charge on any atom is 0.283 e. The van der Waals surface area contributed by atoms with Crippen LogP contribution in [0, 0.1) is 0 Å². The Kier molecular flexibility index (Phi) is 4.21. The van der Waals surface area contributed by atoms with Gasteiger partial charge in [0.05, 0.1) is 16.4 Å². The smallest absolute Gasteiger partial charge is 0.283 e. The fraction of sp³-hybridized carbons (Fsp3) is 0.333. The number of rotatable bonds is 5. The van der Waals surface area contributed by atoms with Crippen LogP contribution in [0.5, 0.6) is 5.75 Å². The van der Waals surface area contributed by atoms with Gasteiger partial charge in [0.2, 0.25) is 5.91 Å². The van der Waals surface area contributed by atoms with Gasteiger partial charge in [-0.25, -0.2) is 8.78 Å². The van der Waals surface area contributed by atoms with E-state index in [1.54, 1.807) is 12.1 Å². The van der Waals surface area contributed by atoms with Crippen LogP contribution in [-0.4, -0.2) is 20.8 Å². The van der Waals surface area contributed by atoms with Gasteiger partial charge >= 0.3 is 0 Å². The number of para-hydroxylation sites is 2. The van der Waals surface area contributed by atoms with Gasteiger partial charge in [-0.2, -0.15) is 5.10 Å². The standard InChI is InChI=1S/C15H14ClF2N3O2/c16-12-13(15(17)18)20-21(14(12)8-5-6-8)7-11(23)19-9-3-1-2-4-10(9)22/h1-4,8,15,22H,5-7H2,(H,19,23). The lowest BCUT2D eigenvalue weighted by molar-refractivity contribution is -0.117. The zero-order valence-corrected chi connectivity index (χ0v) is 12.7. The van der Waals surface area contributed by atoms with Gasteiger partial charge in [-0.3, -0.25) is 9.48 Å². The van der Waals surface area contributed by atoms with Crippen molar-refractivity contribution in [3.63, 3.8) is 0 Å². The lowest BCUT2D eigenvalue weighted by Crippen LogP contribution is -2.21. The first-order valence-electron chi connectivity index (χ1n) is 7.09. The van der Waals surface area contributed by atoms with Crippen LogP contribution in [0.4, 0.5) is 14.5 Å². The number of aromatic hydroxyl groups is 1. The molecular formula is C15H14ClF2N3O2. The minimum absolute atomic E-state index is 0.0575. The predicted molar refractivity (Wildman–Crippen MR) is 80.9 cm³/mol. The molecule has 122 valence electrons. The Morgan fingerprint density at radius 3 is 2.74 bits per heavy atom. The van der Waals surface area contributed by atoms with E-state index in [1.165, 1.54) is 16.8 Å². The Balaban J connectivity index is 1.81. The van der Waals surface area contributed by atoms with Gasteiger partial charge in [-0.15, -0.1) is 0 Å². The van der Waals surface area contributed by atoms with Gasteiger partial charge in [0.25, 0.3) is 6.43 Å². The molecule has 23 heavy (non-hydrogen) atoms. The number of anilines is 1. The Morgan fingerprint density at radius 1 is 1.43 bits per heavy atom. The summed E-state index contributed by atoms with van der Waals surface area (Å²) in [6, 6.07) is 6.25. The molecule has 2 N–H and O–H groups in total. The van der Waals surface area contributed by atoms with Crippen LogP contribution in [-0.2, 0) is 11.3 Å². The maximum atomic E-state index is 12.9. The largest absolute Gasteiger partial charge is 0.506 e. The minimum atomic E-state index is -2.79. The van der Waals surface area contributed by atoms with Crippen LogP contribution >= 0.6 is 11.6 Å². The van der Waals surface area contributed by atoms with Gasteiger partial charge < -0.3 is 10.4 Å². The number of aromatic nitrogens is 2. The third-order valence-corrected chi connectivity index (χ3v) is 3.99. The fourth-order valence-electron chi connectivity index (χ4n) is 2.38. The summed E-state index contributed by atoms with van der Waals surface area (Å²) in [6.45, 7) is -0.243. The first-order valence-corrected chi connectivity index (χ1v) is 7.47. The number of alkyl halides is 2. The molecule has 0 spiro atoms. The number of nitrogens with one attached hydrogen (secondary N) is 1. The minimum Gasteiger partial charge on any atom is -0.506 e. The zero-order valence-electron chi connectivity index (χ0n) is 12.0. The highest BCUT2D eigenvalue weighted by Crippen LogP contribution is 2.45. The average molecular weight is 342 g/mol. The van der Waals surface area contributed by atoms with E-state index in [-0.39, 0.29) is 28.9 Å². The number of hydrogen-bond acceptors (Lipinski definition) is 3. The van der Waals surface area contributed by atoms with Crippen molar-refractivity contribution in [2.45, 2.75) is 31.7 Å². The molecule has 0 unspecified atom stereocenters. The van der Waals surface area contributed by atoms with Gasteiger partial charge in [0, 0.05) is 5.92 Å². The Hall–Kier alpha value is -2.15. The van der Waals surface area contributed by atoms with Crippen molar-refractivity contribution in [3.8, 4) is 5.75 Å². The lowest BCUT2D eigenvalue weighted by Gasteiger charge is -2.09. The number of carbonyl (C=O) groups excluding carboxylic acids is 1. The van der Waals surface area contributed by atoms with Gasteiger partial charge in [0.15, 0.2) is 0 Å². The first kappa shape index (κ1) is 15.7. The Morgan fingerprint density at radius 2 is 2.13 bits per heavy atom. The van der Waals surface area contributed by atoms with Crippen LogP contribution in [0.2, 0.25) is 5.02 Å². The predicted octanol–water partition coefficient (Wildman–Crippen LogP) is 3.70. The number of phenols is 1. The fourth-order valence-corrected chi connectivity index (χ4v) is 2.76. The van der Waals surface area contributed by atoms with Crippen LogP contribution < -0.4 is 5.32 Å². The van der Waals surface area contributed by atoms with E-state index in [9.17, 15) is 18.7 Å². The van der Waals surface area contributed by atoms with Crippen LogP contribution in [0.25, 0.3) is 0 Å². The van der Waals surface area contributed by atoms with Gasteiger partial charge in [0.1, 0.15) is 18.0 Å². The molecule has 1 heterocycles. The van der Waals surface area contributed by atoms with Crippen molar-refractivity contribution >= 4 is 23.2 Å². The molecule has 0 atom stereocenters. The monoisotopic (exact) mass is 341 g/mol. The lowest BCUT2D eigenvalue weighted by atomic mass is 10.2. The van der Waals surface area contributed by atoms with Crippen molar-refractivity contribution in [1.82, 2.24) is 9.78 Å². The van der Waals surface area contributed by atoms with Gasteiger partial charge in [-0.05, 0) is 25.0 Å². The molecule has 1 aromatic heterocycles. The van der Waals surface area contributed by atoms with Crippen LogP contribution in [0.15, 0.2) is 24.3 Å². The van der Waals surface area contributed by atoms with E-state index in [0.29, 0.717) is 5.69 Å². The number of carbonyl (C=O) groups is 1. The summed E-state index contributed by atoms with van der Waals surface area (Å²) < 4.78 is 27.1. The molecule has 1 fully saturated rings. The quantitative estimate of drug-likeness (QED) is 0.815. The zero-order chi connectivity index (χ0) is 16.6. The molecular weight excluding hydrogens is 328 g/mol. The van der Waals surface area contributed by atoms with Crippen molar-refractivity contribution in [2.75, 3.05) is 5.32 Å². The number of hydrogen-bond donors (Lipinski definition) is 2. The number of amides is 1. The molecule has 0 radical (unpaired) electrons. The van der Waals surface area contributed by atoms with Crippen molar-refractivity contribution in [1.29, 1.82) is 0 Å². The second-order valence-electron chi connectivity index (χ2n) is 5.38. The third kappa shape index (κ3) is 3.29. The molecule has 5 nitrogen and oxygen atoms in total. The van der Waals surface area contributed by atoms with E-state index in [4.69, 9.17) is 11.6 Å². The second-order valence-corrected chi connectivity index (χ2v) is 5.76. The molecule has 0 aliphatic heterocycles. The van der Waals surface area contributed by atoms with Crippen molar-refractivity contribution < 1.29 is 18.7 Å². The SMILES string of the molecule is O=C(Cn1nc(C(F)F)c(Cl)c1C1CC1)Nc1ccccc1O. The molecule has 1 aliphatic carbocycles. The number of nitrogens with zero attached hydrogens (tertiary/aromatic N) is 2. The first-order chi connectivity index (χ1) is 11.0. The summed E-state index contributed by atoms with van der Waals surface area (Å²) in [7, 11) is 0. The molecule has 1 amide bonds. The van der Waals surface area contributed by atoms with Crippen LogP contribution in [0.1, 0.15) is 36.6 Å².